The van der Waals surface area contributed by atoms with E-state index >= 15 is 0 Å². The Bertz CT molecular complexity index is 174. The number of nitrogens with one attached hydrogen (secondary N) is 1. The Morgan fingerprint density at radius 1 is 1.06 bits per heavy atom. The molecule has 0 unspecified atom stereocenters. The van der Waals surface area contributed by atoms with Crippen LogP contribution in [-0.2, 0) is 0 Å². The molecule has 0 aromatic heterocycles. The Kier molecular flexibility index (Phi) is 7.26. The Morgan fingerprint density at radius 3 is 2.38 bits per heavy atom. The van der Waals surface area contributed by atoms with E-state index in [0.29, 0.717) is 0 Å². The first kappa shape index (κ1) is 13.5. The van der Waals surface area contributed by atoms with Crippen LogP contribution in [0.3, 0.4) is 0 Å². The molecule has 1 heterocycles. The fraction of sp³-hybridized carbons (Fsp3) is 0.846. The molecule has 0 aromatic rings. The molecular formula is C13H27N3. The van der Waals surface area contributed by atoms with Crippen LogP contribution >= 0.6 is 0 Å². The molecule has 0 bridgehead atoms. The van der Waals surface area contributed by atoms with Gasteiger partial charge in [0.2, 0.25) is 0 Å². The van der Waals surface area contributed by atoms with Gasteiger partial charge in [0, 0.05) is 26.2 Å². The predicted molar refractivity (Wildman–Crippen MR) is 70.4 cm³/mol. The summed E-state index contributed by atoms with van der Waals surface area (Å²) in [5.41, 5.74) is 0. The summed E-state index contributed by atoms with van der Waals surface area (Å²) < 4.78 is 0. The minimum atomic E-state index is 0.952. The summed E-state index contributed by atoms with van der Waals surface area (Å²) in [4.78, 5) is 5.05. The quantitative estimate of drug-likeness (QED) is 0.636. The molecule has 16 heavy (non-hydrogen) atoms. The Hall–Kier alpha value is -0.540. The third-order valence-corrected chi connectivity index (χ3v) is 3.25. The average molecular weight is 225 g/mol. The lowest BCUT2D eigenvalue weighted by Gasteiger charge is -2.34. The zero-order chi connectivity index (χ0) is 11.6. The van der Waals surface area contributed by atoms with Gasteiger partial charge in [-0.1, -0.05) is 32.8 Å². The molecule has 1 aliphatic heterocycles. The number of piperazine rings is 1. The molecule has 1 saturated heterocycles. The van der Waals surface area contributed by atoms with E-state index in [1.807, 2.05) is 0 Å². The molecule has 0 amide bonds. The maximum atomic E-state index is 3.67. The summed E-state index contributed by atoms with van der Waals surface area (Å²) in [6.45, 7) is 13.0. The highest BCUT2D eigenvalue weighted by Crippen LogP contribution is 2.05. The first-order valence-electron chi connectivity index (χ1n) is 6.65. The summed E-state index contributed by atoms with van der Waals surface area (Å²) in [5.74, 6) is 0. The first-order valence-corrected chi connectivity index (χ1v) is 6.65. The van der Waals surface area contributed by atoms with Crippen LogP contribution in [0.4, 0.5) is 0 Å². The molecule has 1 rings (SSSR count). The maximum Gasteiger partial charge on any atom is 0.0673 e. The summed E-state index contributed by atoms with van der Waals surface area (Å²) in [6, 6.07) is 0. The molecule has 0 atom stereocenters. The monoisotopic (exact) mass is 225 g/mol. The van der Waals surface area contributed by atoms with E-state index in [1.165, 1.54) is 58.4 Å². The Labute approximate surface area is 100 Å². The predicted octanol–water partition coefficient (Wildman–Crippen LogP) is 1.87. The molecule has 3 heteroatoms. The van der Waals surface area contributed by atoms with Crippen molar-refractivity contribution in [3.8, 4) is 0 Å². The highest BCUT2D eigenvalue weighted by atomic mass is 15.3. The van der Waals surface area contributed by atoms with Crippen molar-refractivity contribution >= 4 is 0 Å². The molecule has 1 N–H and O–H groups in total. The molecule has 1 aliphatic rings. The summed E-state index contributed by atoms with van der Waals surface area (Å²) >= 11 is 0. The van der Waals surface area contributed by atoms with Crippen LogP contribution in [0.2, 0.25) is 0 Å². The van der Waals surface area contributed by atoms with E-state index in [1.54, 1.807) is 6.20 Å². The van der Waals surface area contributed by atoms with Gasteiger partial charge in [-0.05, 0) is 19.2 Å². The fourth-order valence-electron chi connectivity index (χ4n) is 2.13. The highest BCUT2D eigenvalue weighted by molar-refractivity contribution is 4.73. The minimum Gasteiger partial charge on any atom is -0.379 e. The third kappa shape index (κ3) is 5.52. The number of hydrogen-bond donors (Lipinski definition) is 1. The Morgan fingerprint density at radius 2 is 1.75 bits per heavy atom. The van der Waals surface area contributed by atoms with Gasteiger partial charge < -0.3 is 10.2 Å². The van der Waals surface area contributed by atoms with Crippen molar-refractivity contribution in [2.24, 2.45) is 0 Å². The fourth-order valence-corrected chi connectivity index (χ4v) is 2.13. The topological polar surface area (TPSA) is 18.5 Å². The van der Waals surface area contributed by atoms with E-state index in [9.17, 15) is 0 Å². The molecule has 94 valence electrons. The molecule has 0 aromatic carbocycles. The minimum absolute atomic E-state index is 0.952. The second-order valence-electron chi connectivity index (χ2n) is 4.59. The van der Waals surface area contributed by atoms with Crippen molar-refractivity contribution in [2.45, 2.75) is 32.6 Å². The summed E-state index contributed by atoms with van der Waals surface area (Å²) in [7, 11) is 0. The van der Waals surface area contributed by atoms with E-state index in [0.717, 1.165) is 6.67 Å². The molecular weight excluding hydrogens is 198 g/mol. The van der Waals surface area contributed by atoms with Gasteiger partial charge in [-0.2, -0.15) is 0 Å². The van der Waals surface area contributed by atoms with Gasteiger partial charge in [-0.3, -0.25) is 4.90 Å². The van der Waals surface area contributed by atoms with Crippen molar-refractivity contribution in [3.05, 3.63) is 12.8 Å². The maximum absolute atomic E-state index is 3.67. The van der Waals surface area contributed by atoms with Gasteiger partial charge in [0.1, 0.15) is 0 Å². The van der Waals surface area contributed by atoms with Crippen LogP contribution in [-0.4, -0.2) is 49.2 Å². The molecule has 0 aliphatic carbocycles. The summed E-state index contributed by atoms with van der Waals surface area (Å²) in [6.07, 6.45) is 7.27. The summed E-state index contributed by atoms with van der Waals surface area (Å²) in [5, 5.41) is 3.16. The largest absolute Gasteiger partial charge is 0.379 e. The molecule has 0 radical (unpaired) electrons. The second-order valence-corrected chi connectivity index (χ2v) is 4.59. The van der Waals surface area contributed by atoms with Gasteiger partial charge in [0.05, 0.1) is 6.67 Å². The first-order chi connectivity index (χ1) is 7.86. The SMILES string of the molecule is C=CNCN1CCN(CCCCCC)CC1. The van der Waals surface area contributed by atoms with Crippen LogP contribution in [0.15, 0.2) is 12.8 Å². The third-order valence-electron chi connectivity index (χ3n) is 3.25. The number of hydrogen-bond acceptors (Lipinski definition) is 3. The van der Waals surface area contributed by atoms with Gasteiger partial charge >= 0.3 is 0 Å². The van der Waals surface area contributed by atoms with Crippen molar-refractivity contribution < 1.29 is 0 Å². The van der Waals surface area contributed by atoms with Crippen LogP contribution in [0.5, 0.6) is 0 Å². The number of rotatable bonds is 8. The standard InChI is InChI=1S/C13H27N3/c1-3-5-6-7-8-15-9-11-16(12-10-15)13-14-4-2/h4,14H,2-3,5-13H2,1H3. The average Bonchev–Trinajstić information content (AvgIpc) is 2.33. The zero-order valence-electron chi connectivity index (χ0n) is 10.7. The lowest BCUT2D eigenvalue weighted by molar-refractivity contribution is 0.127. The number of unbranched alkanes of at least 4 members (excludes halogenated alkanes) is 3. The van der Waals surface area contributed by atoms with Gasteiger partial charge in [-0.25, -0.2) is 0 Å². The molecule has 3 nitrogen and oxygen atoms in total. The van der Waals surface area contributed by atoms with Crippen LogP contribution in [0.25, 0.3) is 0 Å². The van der Waals surface area contributed by atoms with Gasteiger partial charge in [0.25, 0.3) is 0 Å². The van der Waals surface area contributed by atoms with E-state index in [4.69, 9.17) is 0 Å². The number of nitrogens with zero attached hydrogens (tertiary/aromatic N) is 2. The normalized spacial score (nSPS) is 18.6. The van der Waals surface area contributed by atoms with Crippen molar-refractivity contribution in [1.29, 1.82) is 0 Å². The van der Waals surface area contributed by atoms with E-state index in [2.05, 4.69) is 28.6 Å². The van der Waals surface area contributed by atoms with Gasteiger partial charge in [-0.15, -0.1) is 0 Å². The zero-order valence-corrected chi connectivity index (χ0v) is 10.7. The van der Waals surface area contributed by atoms with E-state index < -0.39 is 0 Å². The van der Waals surface area contributed by atoms with E-state index in [-0.39, 0.29) is 0 Å². The van der Waals surface area contributed by atoms with Crippen LogP contribution in [0, 0.1) is 0 Å². The molecule has 0 saturated carbocycles. The van der Waals surface area contributed by atoms with Crippen molar-refractivity contribution in [1.82, 2.24) is 15.1 Å². The Balaban J connectivity index is 2.00. The van der Waals surface area contributed by atoms with Crippen molar-refractivity contribution in [2.75, 3.05) is 39.4 Å². The molecule has 1 fully saturated rings. The lowest BCUT2D eigenvalue weighted by Crippen LogP contribution is -2.48. The van der Waals surface area contributed by atoms with Gasteiger partial charge in [0.15, 0.2) is 0 Å². The van der Waals surface area contributed by atoms with Crippen LogP contribution < -0.4 is 5.32 Å². The smallest absolute Gasteiger partial charge is 0.0673 e. The molecule has 0 spiro atoms. The van der Waals surface area contributed by atoms with Crippen LogP contribution in [0.1, 0.15) is 32.6 Å². The van der Waals surface area contributed by atoms with Crippen molar-refractivity contribution in [3.63, 3.8) is 0 Å². The highest BCUT2D eigenvalue weighted by Gasteiger charge is 2.15. The lowest BCUT2D eigenvalue weighted by atomic mass is 10.2. The second kappa shape index (κ2) is 8.59.